The van der Waals surface area contributed by atoms with Crippen molar-refractivity contribution in [3.8, 4) is 11.9 Å². The monoisotopic (exact) mass is 303 g/mol. The van der Waals surface area contributed by atoms with Crippen molar-refractivity contribution < 1.29 is 4.74 Å². The van der Waals surface area contributed by atoms with Crippen LogP contribution in [0.3, 0.4) is 0 Å². The van der Waals surface area contributed by atoms with Crippen LogP contribution in [0.5, 0.6) is 5.88 Å². The normalized spacial score (nSPS) is 9.78. The Bertz CT molecular complexity index is 590. The summed E-state index contributed by atoms with van der Waals surface area (Å²) < 4.78 is 6.51. The second kappa shape index (κ2) is 5.52. The first kappa shape index (κ1) is 12.4. The van der Waals surface area contributed by atoms with E-state index in [1.165, 1.54) is 0 Å². The summed E-state index contributed by atoms with van der Waals surface area (Å²) in [6, 6.07) is 13.0. The standard InChI is InChI=1S/C13H10BrN3O/c14-10-3-1-9(2-4-10)8-18-13-6-5-11(16)12(7-15)17-13/h1-6H,8,16H2. The Hall–Kier alpha value is -2.06. The van der Waals surface area contributed by atoms with Crippen molar-refractivity contribution in [2.75, 3.05) is 5.73 Å². The molecule has 0 saturated carbocycles. The molecule has 0 atom stereocenters. The van der Waals surface area contributed by atoms with Crippen LogP contribution in [0.25, 0.3) is 0 Å². The Balaban J connectivity index is 2.06. The van der Waals surface area contributed by atoms with E-state index in [4.69, 9.17) is 15.7 Å². The van der Waals surface area contributed by atoms with E-state index >= 15 is 0 Å². The van der Waals surface area contributed by atoms with Crippen molar-refractivity contribution in [1.29, 1.82) is 5.26 Å². The smallest absolute Gasteiger partial charge is 0.214 e. The molecule has 0 aliphatic carbocycles. The molecule has 0 fully saturated rings. The third-order valence-electron chi connectivity index (χ3n) is 2.31. The van der Waals surface area contributed by atoms with Gasteiger partial charge in [-0.15, -0.1) is 0 Å². The summed E-state index contributed by atoms with van der Waals surface area (Å²) in [6.45, 7) is 0.398. The number of rotatable bonds is 3. The first-order valence-corrected chi connectivity index (χ1v) is 6.02. The van der Waals surface area contributed by atoms with Gasteiger partial charge in [0.1, 0.15) is 12.7 Å². The van der Waals surface area contributed by atoms with Crippen LogP contribution in [0.2, 0.25) is 0 Å². The molecule has 90 valence electrons. The number of nitrogens with two attached hydrogens (primary N) is 1. The van der Waals surface area contributed by atoms with Crippen molar-refractivity contribution in [3.63, 3.8) is 0 Å². The average molecular weight is 304 g/mol. The molecule has 0 aliphatic rings. The van der Waals surface area contributed by atoms with Crippen molar-refractivity contribution >= 4 is 21.6 Å². The van der Waals surface area contributed by atoms with Crippen LogP contribution in [-0.2, 0) is 6.61 Å². The fraction of sp³-hybridized carbons (Fsp3) is 0.0769. The summed E-state index contributed by atoms with van der Waals surface area (Å²) in [5.74, 6) is 0.392. The topological polar surface area (TPSA) is 71.9 Å². The minimum absolute atomic E-state index is 0.184. The number of benzene rings is 1. The van der Waals surface area contributed by atoms with E-state index < -0.39 is 0 Å². The average Bonchev–Trinajstić information content (AvgIpc) is 2.39. The molecule has 1 heterocycles. The fourth-order valence-electron chi connectivity index (χ4n) is 1.36. The maximum absolute atomic E-state index is 8.81. The molecular weight excluding hydrogens is 294 g/mol. The van der Waals surface area contributed by atoms with Crippen molar-refractivity contribution in [2.45, 2.75) is 6.61 Å². The first-order chi connectivity index (χ1) is 8.69. The molecule has 2 N–H and O–H groups in total. The zero-order valence-corrected chi connectivity index (χ0v) is 11.0. The molecule has 0 bridgehead atoms. The highest BCUT2D eigenvalue weighted by atomic mass is 79.9. The van der Waals surface area contributed by atoms with Gasteiger partial charge in [0.15, 0.2) is 5.69 Å². The number of nitrogen functional groups attached to an aromatic ring is 1. The van der Waals surface area contributed by atoms with E-state index in [2.05, 4.69) is 20.9 Å². The molecule has 1 aromatic carbocycles. The van der Waals surface area contributed by atoms with Gasteiger partial charge in [-0.25, -0.2) is 4.98 Å². The zero-order valence-electron chi connectivity index (χ0n) is 9.43. The fourth-order valence-corrected chi connectivity index (χ4v) is 1.62. The van der Waals surface area contributed by atoms with Crippen molar-refractivity contribution in [2.24, 2.45) is 0 Å². The number of hydrogen-bond acceptors (Lipinski definition) is 4. The van der Waals surface area contributed by atoms with Gasteiger partial charge >= 0.3 is 0 Å². The molecule has 0 saturated heterocycles. The van der Waals surface area contributed by atoms with Crippen LogP contribution in [0, 0.1) is 11.3 Å². The molecule has 0 aliphatic heterocycles. The molecule has 18 heavy (non-hydrogen) atoms. The lowest BCUT2D eigenvalue weighted by atomic mass is 10.2. The number of aromatic nitrogens is 1. The molecule has 4 nitrogen and oxygen atoms in total. The Morgan fingerprint density at radius 2 is 1.94 bits per heavy atom. The molecule has 0 spiro atoms. The largest absolute Gasteiger partial charge is 0.473 e. The highest BCUT2D eigenvalue weighted by Gasteiger charge is 2.03. The molecular formula is C13H10BrN3O. The third kappa shape index (κ3) is 2.99. The van der Waals surface area contributed by atoms with Gasteiger partial charge in [0.2, 0.25) is 5.88 Å². The van der Waals surface area contributed by atoms with E-state index in [1.807, 2.05) is 30.3 Å². The van der Waals surface area contributed by atoms with Crippen LogP contribution in [0.15, 0.2) is 40.9 Å². The summed E-state index contributed by atoms with van der Waals surface area (Å²) >= 11 is 3.37. The minimum atomic E-state index is 0.184. The SMILES string of the molecule is N#Cc1nc(OCc2ccc(Br)cc2)ccc1N. The zero-order chi connectivity index (χ0) is 13.0. The molecule has 2 aromatic rings. The molecule has 1 aromatic heterocycles. The third-order valence-corrected chi connectivity index (χ3v) is 2.84. The van der Waals surface area contributed by atoms with Gasteiger partial charge in [-0.05, 0) is 23.8 Å². The lowest BCUT2D eigenvalue weighted by Crippen LogP contribution is -2.00. The van der Waals surface area contributed by atoms with E-state index in [-0.39, 0.29) is 5.69 Å². The molecule has 5 heteroatoms. The van der Waals surface area contributed by atoms with E-state index in [0.29, 0.717) is 18.2 Å². The van der Waals surface area contributed by atoms with Crippen LogP contribution < -0.4 is 10.5 Å². The van der Waals surface area contributed by atoms with Crippen molar-refractivity contribution in [1.82, 2.24) is 4.98 Å². The summed E-state index contributed by atoms with van der Waals surface area (Å²) in [5, 5.41) is 8.81. The van der Waals surface area contributed by atoms with Gasteiger partial charge < -0.3 is 10.5 Å². The van der Waals surface area contributed by atoms with E-state index in [0.717, 1.165) is 10.0 Å². The van der Waals surface area contributed by atoms with Crippen LogP contribution >= 0.6 is 15.9 Å². The number of nitriles is 1. The van der Waals surface area contributed by atoms with Crippen molar-refractivity contribution in [3.05, 3.63) is 52.1 Å². The maximum Gasteiger partial charge on any atom is 0.214 e. The van der Waals surface area contributed by atoms with Gasteiger partial charge in [0.25, 0.3) is 0 Å². The number of ether oxygens (including phenoxy) is 1. The number of anilines is 1. The van der Waals surface area contributed by atoms with Gasteiger partial charge in [0, 0.05) is 10.5 Å². The number of nitrogens with zero attached hydrogens (tertiary/aromatic N) is 2. The van der Waals surface area contributed by atoms with Crippen LogP contribution in [0.1, 0.15) is 11.3 Å². The van der Waals surface area contributed by atoms with E-state index in [9.17, 15) is 0 Å². The molecule has 2 rings (SSSR count). The number of hydrogen-bond donors (Lipinski definition) is 1. The van der Waals surface area contributed by atoms with Crippen LogP contribution in [0.4, 0.5) is 5.69 Å². The maximum atomic E-state index is 8.81. The van der Waals surface area contributed by atoms with Gasteiger partial charge in [-0.1, -0.05) is 28.1 Å². The Morgan fingerprint density at radius 3 is 2.61 bits per heavy atom. The molecule has 0 unspecified atom stereocenters. The predicted molar refractivity (Wildman–Crippen MR) is 71.8 cm³/mol. The lowest BCUT2D eigenvalue weighted by molar-refractivity contribution is 0.294. The Kier molecular flexibility index (Phi) is 3.80. The summed E-state index contributed by atoms with van der Waals surface area (Å²) in [4.78, 5) is 4.01. The number of halogens is 1. The predicted octanol–water partition coefficient (Wildman–Crippen LogP) is 2.88. The summed E-state index contributed by atoms with van der Waals surface area (Å²) in [5.41, 5.74) is 7.14. The first-order valence-electron chi connectivity index (χ1n) is 5.23. The Labute approximate surface area is 113 Å². The Morgan fingerprint density at radius 1 is 1.22 bits per heavy atom. The molecule has 0 amide bonds. The lowest BCUT2D eigenvalue weighted by Gasteiger charge is -2.06. The summed E-state index contributed by atoms with van der Waals surface area (Å²) in [7, 11) is 0. The van der Waals surface area contributed by atoms with Gasteiger partial charge in [-0.3, -0.25) is 0 Å². The van der Waals surface area contributed by atoms with Gasteiger partial charge in [-0.2, -0.15) is 5.26 Å². The quantitative estimate of drug-likeness (QED) is 0.946. The summed E-state index contributed by atoms with van der Waals surface area (Å²) in [6.07, 6.45) is 0. The second-order valence-electron chi connectivity index (χ2n) is 3.61. The van der Waals surface area contributed by atoms with E-state index in [1.54, 1.807) is 12.1 Å². The van der Waals surface area contributed by atoms with Gasteiger partial charge in [0.05, 0.1) is 5.69 Å². The number of pyridine rings is 1. The van der Waals surface area contributed by atoms with Crippen LogP contribution in [-0.4, -0.2) is 4.98 Å². The highest BCUT2D eigenvalue weighted by molar-refractivity contribution is 9.10. The second-order valence-corrected chi connectivity index (χ2v) is 4.53. The molecule has 0 radical (unpaired) electrons. The minimum Gasteiger partial charge on any atom is -0.473 e. The highest BCUT2D eigenvalue weighted by Crippen LogP contribution is 2.16.